The molecule has 0 saturated heterocycles. The zero-order valence-corrected chi connectivity index (χ0v) is 11.8. The van der Waals surface area contributed by atoms with Crippen LogP contribution >= 0.6 is 12.2 Å². The lowest BCUT2D eigenvalue weighted by Gasteiger charge is -2.31. The van der Waals surface area contributed by atoms with Gasteiger partial charge in [-0.1, -0.05) is 26.1 Å². The Hall–Kier alpha value is -1.49. The molecule has 0 saturated carbocycles. The number of hydrogen-bond acceptors (Lipinski definition) is 3. The van der Waals surface area contributed by atoms with Crippen LogP contribution in [0.3, 0.4) is 0 Å². The molecule has 0 spiro atoms. The van der Waals surface area contributed by atoms with Crippen LogP contribution in [0.15, 0.2) is 18.3 Å². The van der Waals surface area contributed by atoms with Crippen LogP contribution in [0.1, 0.15) is 42.7 Å². The summed E-state index contributed by atoms with van der Waals surface area (Å²) in [5, 5.41) is 2.94. The van der Waals surface area contributed by atoms with E-state index in [0.717, 1.165) is 5.69 Å². The van der Waals surface area contributed by atoms with E-state index < -0.39 is 5.54 Å². The monoisotopic (exact) mass is 265 g/mol. The first kappa shape index (κ1) is 14.6. The number of amides is 1. The molecule has 0 aliphatic rings. The number of rotatable bonds is 5. The molecule has 18 heavy (non-hydrogen) atoms. The molecule has 0 aromatic carbocycles. The Labute approximate surface area is 113 Å². The number of pyridine rings is 1. The van der Waals surface area contributed by atoms with Gasteiger partial charge in [-0.15, -0.1) is 0 Å². The molecule has 0 unspecified atom stereocenters. The van der Waals surface area contributed by atoms with Gasteiger partial charge in [-0.05, 0) is 31.9 Å². The third-order valence-corrected chi connectivity index (χ3v) is 3.58. The molecular formula is C13H19N3OS. The average Bonchev–Trinajstić information content (AvgIpc) is 2.35. The molecule has 0 aliphatic carbocycles. The molecule has 0 fully saturated rings. The molecule has 0 aliphatic heterocycles. The summed E-state index contributed by atoms with van der Waals surface area (Å²) < 4.78 is 0. The molecule has 3 N–H and O–H groups in total. The van der Waals surface area contributed by atoms with Crippen molar-refractivity contribution in [2.24, 2.45) is 5.73 Å². The van der Waals surface area contributed by atoms with E-state index in [-0.39, 0.29) is 5.91 Å². The van der Waals surface area contributed by atoms with Crippen LogP contribution in [0.25, 0.3) is 0 Å². The van der Waals surface area contributed by atoms with Crippen LogP contribution in [0.2, 0.25) is 0 Å². The van der Waals surface area contributed by atoms with Gasteiger partial charge < -0.3 is 11.1 Å². The van der Waals surface area contributed by atoms with Crippen molar-refractivity contribution in [2.45, 2.75) is 39.2 Å². The number of hydrogen-bond donors (Lipinski definition) is 2. The highest BCUT2D eigenvalue weighted by molar-refractivity contribution is 7.80. The van der Waals surface area contributed by atoms with E-state index in [4.69, 9.17) is 18.0 Å². The van der Waals surface area contributed by atoms with Gasteiger partial charge in [0.05, 0.1) is 10.5 Å². The fraction of sp³-hybridized carbons (Fsp3) is 0.462. The quantitative estimate of drug-likeness (QED) is 0.799. The summed E-state index contributed by atoms with van der Waals surface area (Å²) in [6.07, 6.45) is 2.97. The highest BCUT2D eigenvalue weighted by atomic mass is 32.1. The molecule has 0 radical (unpaired) electrons. The van der Waals surface area contributed by atoms with Crippen molar-refractivity contribution in [1.29, 1.82) is 0 Å². The number of nitrogens with two attached hydrogens (primary N) is 1. The summed E-state index contributed by atoms with van der Waals surface area (Å²) in [7, 11) is 0. The van der Waals surface area contributed by atoms with E-state index in [1.165, 1.54) is 0 Å². The molecular weight excluding hydrogens is 246 g/mol. The standard InChI is InChI=1S/C13H19N3OS/c1-4-13(5-2,12(14)18)16-11(17)10-6-7-15-9(3)8-10/h6-8H,4-5H2,1-3H3,(H2,14,18)(H,16,17). The molecule has 4 nitrogen and oxygen atoms in total. The Bertz CT molecular complexity index is 455. The summed E-state index contributed by atoms with van der Waals surface area (Å²) in [6.45, 7) is 5.76. The number of carbonyl (C=O) groups excluding carboxylic acids is 1. The lowest BCUT2D eigenvalue weighted by atomic mass is 9.92. The number of nitrogens with zero attached hydrogens (tertiary/aromatic N) is 1. The van der Waals surface area contributed by atoms with Crippen molar-refractivity contribution in [3.63, 3.8) is 0 Å². The van der Waals surface area contributed by atoms with Gasteiger partial charge >= 0.3 is 0 Å². The van der Waals surface area contributed by atoms with Gasteiger partial charge in [0.1, 0.15) is 0 Å². The van der Waals surface area contributed by atoms with E-state index >= 15 is 0 Å². The zero-order chi connectivity index (χ0) is 13.8. The number of nitrogens with one attached hydrogen (secondary N) is 1. The highest BCUT2D eigenvalue weighted by Crippen LogP contribution is 2.16. The average molecular weight is 265 g/mol. The summed E-state index contributed by atoms with van der Waals surface area (Å²) in [5.41, 5.74) is 6.52. The second-order valence-corrected chi connectivity index (χ2v) is 4.73. The van der Waals surface area contributed by atoms with Crippen molar-refractivity contribution in [2.75, 3.05) is 0 Å². The fourth-order valence-corrected chi connectivity index (χ4v) is 2.15. The lowest BCUT2D eigenvalue weighted by molar-refractivity contribution is 0.0919. The number of aromatic nitrogens is 1. The molecule has 98 valence electrons. The summed E-state index contributed by atoms with van der Waals surface area (Å²) in [5.74, 6) is -0.169. The van der Waals surface area contributed by atoms with Crippen molar-refractivity contribution in [3.05, 3.63) is 29.6 Å². The normalized spacial score (nSPS) is 11.1. The summed E-state index contributed by atoms with van der Waals surface area (Å²) in [6, 6.07) is 3.42. The molecule has 1 heterocycles. The van der Waals surface area contributed by atoms with Gasteiger partial charge in [0, 0.05) is 17.5 Å². The minimum absolute atomic E-state index is 0.169. The maximum atomic E-state index is 12.2. The number of aryl methyl sites for hydroxylation is 1. The van der Waals surface area contributed by atoms with Crippen molar-refractivity contribution in [1.82, 2.24) is 10.3 Å². The predicted molar refractivity (Wildman–Crippen MR) is 76.5 cm³/mol. The molecule has 1 aromatic heterocycles. The first-order chi connectivity index (χ1) is 8.45. The summed E-state index contributed by atoms with van der Waals surface area (Å²) >= 11 is 5.07. The van der Waals surface area contributed by atoms with Crippen molar-refractivity contribution >= 4 is 23.1 Å². The first-order valence-electron chi connectivity index (χ1n) is 6.00. The topological polar surface area (TPSA) is 68.0 Å². The van der Waals surface area contributed by atoms with Crippen LogP contribution in [-0.2, 0) is 0 Å². The Morgan fingerprint density at radius 2 is 2.11 bits per heavy atom. The number of carbonyl (C=O) groups is 1. The molecule has 1 rings (SSSR count). The molecule has 0 atom stereocenters. The van der Waals surface area contributed by atoms with E-state index in [0.29, 0.717) is 23.4 Å². The second kappa shape index (κ2) is 5.91. The van der Waals surface area contributed by atoms with E-state index in [1.54, 1.807) is 18.3 Å². The van der Waals surface area contributed by atoms with Gasteiger partial charge in [0.25, 0.3) is 5.91 Å². The van der Waals surface area contributed by atoms with Crippen LogP contribution in [0, 0.1) is 6.92 Å². The Balaban J connectivity index is 2.95. The Morgan fingerprint density at radius 1 is 1.50 bits per heavy atom. The minimum Gasteiger partial charge on any atom is -0.391 e. The molecule has 0 bridgehead atoms. The largest absolute Gasteiger partial charge is 0.391 e. The van der Waals surface area contributed by atoms with E-state index in [1.807, 2.05) is 20.8 Å². The van der Waals surface area contributed by atoms with Gasteiger partial charge in [-0.2, -0.15) is 0 Å². The van der Waals surface area contributed by atoms with Gasteiger partial charge in [0.15, 0.2) is 0 Å². The smallest absolute Gasteiger partial charge is 0.252 e. The SMILES string of the molecule is CCC(CC)(NC(=O)c1ccnc(C)c1)C(N)=S. The third-order valence-electron chi connectivity index (χ3n) is 3.19. The highest BCUT2D eigenvalue weighted by Gasteiger charge is 2.31. The predicted octanol–water partition coefficient (Wildman–Crippen LogP) is 1.96. The Kier molecular flexibility index (Phi) is 4.78. The van der Waals surface area contributed by atoms with Crippen LogP contribution in [0.4, 0.5) is 0 Å². The summed E-state index contributed by atoms with van der Waals surface area (Å²) in [4.78, 5) is 16.6. The zero-order valence-electron chi connectivity index (χ0n) is 11.0. The fourth-order valence-electron chi connectivity index (χ4n) is 1.81. The number of thiocarbonyl (C=S) groups is 1. The molecule has 1 aromatic rings. The minimum atomic E-state index is -0.608. The van der Waals surface area contributed by atoms with Crippen LogP contribution in [-0.4, -0.2) is 21.4 Å². The van der Waals surface area contributed by atoms with E-state index in [2.05, 4.69) is 10.3 Å². The first-order valence-corrected chi connectivity index (χ1v) is 6.41. The molecule has 1 amide bonds. The second-order valence-electron chi connectivity index (χ2n) is 4.29. The van der Waals surface area contributed by atoms with Crippen LogP contribution < -0.4 is 11.1 Å². The lowest BCUT2D eigenvalue weighted by Crippen LogP contribution is -2.55. The van der Waals surface area contributed by atoms with Crippen LogP contribution in [0.5, 0.6) is 0 Å². The maximum Gasteiger partial charge on any atom is 0.252 e. The Morgan fingerprint density at radius 3 is 2.56 bits per heavy atom. The maximum absolute atomic E-state index is 12.2. The van der Waals surface area contributed by atoms with Crippen molar-refractivity contribution in [3.8, 4) is 0 Å². The van der Waals surface area contributed by atoms with Crippen molar-refractivity contribution < 1.29 is 4.79 Å². The third kappa shape index (κ3) is 3.04. The van der Waals surface area contributed by atoms with Gasteiger partial charge in [-0.3, -0.25) is 9.78 Å². The van der Waals surface area contributed by atoms with E-state index in [9.17, 15) is 4.79 Å². The molecule has 5 heteroatoms. The van der Waals surface area contributed by atoms with Gasteiger partial charge in [0.2, 0.25) is 0 Å². The van der Waals surface area contributed by atoms with Gasteiger partial charge in [-0.25, -0.2) is 0 Å².